The van der Waals surface area contributed by atoms with Crippen LogP contribution in [-0.4, -0.2) is 37.9 Å². The van der Waals surface area contributed by atoms with Crippen LogP contribution in [0.15, 0.2) is 72.0 Å². The fraction of sp³-hybridized carbons (Fsp3) is 0.143. The van der Waals surface area contributed by atoms with Crippen molar-refractivity contribution in [1.29, 1.82) is 0 Å². The van der Waals surface area contributed by atoms with Gasteiger partial charge in [0.1, 0.15) is 5.75 Å². The third-order valence-electron chi connectivity index (χ3n) is 4.14. The summed E-state index contributed by atoms with van der Waals surface area (Å²) < 4.78 is 7.09. The van der Waals surface area contributed by atoms with Gasteiger partial charge in [0.2, 0.25) is 0 Å². The van der Waals surface area contributed by atoms with Crippen LogP contribution in [0, 0.1) is 0 Å². The van der Waals surface area contributed by atoms with Gasteiger partial charge in [-0.15, -0.1) is 0 Å². The van der Waals surface area contributed by atoms with Crippen molar-refractivity contribution in [3.63, 3.8) is 0 Å². The van der Waals surface area contributed by atoms with Crippen LogP contribution in [-0.2, 0) is 0 Å². The van der Waals surface area contributed by atoms with Gasteiger partial charge in [0.15, 0.2) is 0 Å². The molecule has 0 aliphatic carbocycles. The molecule has 6 heteroatoms. The van der Waals surface area contributed by atoms with E-state index in [4.69, 9.17) is 4.74 Å². The van der Waals surface area contributed by atoms with Crippen molar-refractivity contribution >= 4 is 17.8 Å². The van der Waals surface area contributed by atoms with E-state index in [0.29, 0.717) is 11.3 Å². The highest BCUT2D eigenvalue weighted by molar-refractivity contribution is 5.94. The Kier molecular flexibility index (Phi) is 5.56. The second-order valence-corrected chi connectivity index (χ2v) is 6.14. The molecule has 0 aliphatic heterocycles. The summed E-state index contributed by atoms with van der Waals surface area (Å²) in [5, 5.41) is 4.08. The Morgan fingerprint density at radius 1 is 1.07 bits per heavy atom. The Labute approximate surface area is 158 Å². The quantitative estimate of drug-likeness (QED) is 0.541. The van der Waals surface area contributed by atoms with Crippen molar-refractivity contribution < 1.29 is 9.53 Å². The number of carbonyl (C=O) groups is 1. The average Bonchev–Trinajstić information content (AvgIpc) is 3.16. The molecule has 1 amide bonds. The van der Waals surface area contributed by atoms with E-state index in [9.17, 15) is 4.79 Å². The minimum absolute atomic E-state index is 0.276. The molecule has 2 aromatic carbocycles. The predicted molar refractivity (Wildman–Crippen MR) is 108 cm³/mol. The average molecular weight is 362 g/mol. The van der Waals surface area contributed by atoms with Crippen molar-refractivity contribution in [2.45, 2.75) is 0 Å². The number of carbonyl (C=O) groups excluding carboxylic acids is 1. The number of rotatable bonds is 6. The summed E-state index contributed by atoms with van der Waals surface area (Å²) in [6, 6.07) is 18.9. The van der Waals surface area contributed by atoms with E-state index in [1.165, 1.54) is 0 Å². The molecule has 138 valence electrons. The summed E-state index contributed by atoms with van der Waals surface area (Å²) in [6.07, 6.45) is 3.58. The molecular formula is C21H22N4O2. The third kappa shape index (κ3) is 4.36. The fourth-order valence-electron chi connectivity index (χ4n) is 2.61. The second kappa shape index (κ2) is 8.23. The van der Waals surface area contributed by atoms with Crippen LogP contribution in [0.5, 0.6) is 5.75 Å². The highest BCUT2D eigenvalue weighted by Gasteiger charge is 2.05. The predicted octanol–water partition coefficient (Wildman–Crippen LogP) is 3.32. The molecule has 0 unspecified atom stereocenters. The summed E-state index contributed by atoms with van der Waals surface area (Å²) in [5.41, 5.74) is 6.08. The van der Waals surface area contributed by atoms with Crippen LogP contribution in [0.3, 0.4) is 0 Å². The lowest BCUT2D eigenvalue weighted by molar-refractivity contribution is 0.0955. The van der Waals surface area contributed by atoms with Crippen molar-refractivity contribution in [3.05, 3.63) is 78.1 Å². The van der Waals surface area contributed by atoms with Gasteiger partial charge in [-0.2, -0.15) is 5.10 Å². The van der Waals surface area contributed by atoms with Gasteiger partial charge in [-0.3, -0.25) is 4.79 Å². The summed E-state index contributed by atoms with van der Waals surface area (Å²) in [5.74, 6) is 0.426. The molecule has 0 atom stereocenters. The molecule has 6 nitrogen and oxygen atoms in total. The van der Waals surface area contributed by atoms with Crippen LogP contribution in [0.1, 0.15) is 16.1 Å². The number of nitrogens with zero attached hydrogens (tertiary/aromatic N) is 3. The first-order valence-corrected chi connectivity index (χ1v) is 8.51. The van der Waals surface area contributed by atoms with Gasteiger partial charge in [-0.1, -0.05) is 0 Å². The maximum absolute atomic E-state index is 12.2. The van der Waals surface area contributed by atoms with Crippen molar-refractivity contribution in [2.24, 2.45) is 5.10 Å². The van der Waals surface area contributed by atoms with Crippen LogP contribution in [0.4, 0.5) is 5.69 Å². The minimum atomic E-state index is -0.276. The molecule has 0 saturated carbocycles. The van der Waals surface area contributed by atoms with Crippen LogP contribution < -0.4 is 15.1 Å². The smallest absolute Gasteiger partial charge is 0.271 e. The summed E-state index contributed by atoms with van der Waals surface area (Å²) in [7, 11) is 5.60. The highest BCUT2D eigenvalue weighted by Crippen LogP contribution is 2.17. The standard InChI is InChI=1S/C21H22N4O2/c1-24(2)17-8-10-18(11-9-17)25-14-4-5-19(25)15-22-23-21(26)16-6-12-20(27-3)13-7-16/h4-15H,1-3H3,(H,23,26)/b22-15-. The Balaban J connectivity index is 1.69. The lowest BCUT2D eigenvalue weighted by Crippen LogP contribution is -2.17. The van der Waals surface area contributed by atoms with E-state index in [2.05, 4.69) is 27.6 Å². The van der Waals surface area contributed by atoms with E-state index in [1.807, 2.05) is 49.1 Å². The van der Waals surface area contributed by atoms with Crippen molar-refractivity contribution in [3.8, 4) is 11.4 Å². The van der Waals surface area contributed by atoms with Crippen LogP contribution >= 0.6 is 0 Å². The van der Waals surface area contributed by atoms with Gasteiger partial charge in [0, 0.05) is 37.2 Å². The van der Waals surface area contributed by atoms with Gasteiger partial charge in [0.05, 0.1) is 19.0 Å². The number of ether oxygens (including phenoxy) is 1. The van der Waals surface area contributed by atoms with Crippen LogP contribution in [0.25, 0.3) is 5.69 Å². The molecule has 3 aromatic rings. The monoisotopic (exact) mass is 362 g/mol. The fourth-order valence-corrected chi connectivity index (χ4v) is 2.61. The first-order chi connectivity index (χ1) is 13.1. The normalized spacial score (nSPS) is 10.8. The lowest BCUT2D eigenvalue weighted by atomic mass is 10.2. The number of hydrogen-bond acceptors (Lipinski definition) is 4. The number of anilines is 1. The zero-order valence-electron chi connectivity index (χ0n) is 15.6. The van der Waals surface area contributed by atoms with E-state index >= 15 is 0 Å². The molecule has 1 N–H and O–H groups in total. The molecule has 1 aromatic heterocycles. The van der Waals surface area contributed by atoms with E-state index in [0.717, 1.165) is 17.1 Å². The van der Waals surface area contributed by atoms with Gasteiger partial charge < -0.3 is 14.2 Å². The number of aromatic nitrogens is 1. The molecular weight excluding hydrogens is 340 g/mol. The molecule has 1 heterocycles. The van der Waals surface area contributed by atoms with Gasteiger partial charge in [0.25, 0.3) is 5.91 Å². The van der Waals surface area contributed by atoms with Gasteiger partial charge >= 0.3 is 0 Å². The Morgan fingerprint density at radius 3 is 2.41 bits per heavy atom. The van der Waals surface area contributed by atoms with Crippen molar-refractivity contribution in [2.75, 3.05) is 26.1 Å². The zero-order valence-corrected chi connectivity index (χ0v) is 15.6. The number of hydrogen-bond donors (Lipinski definition) is 1. The number of nitrogens with one attached hydrogen (secondary N) is 1. The maximum Gasteiger partial charge on any atom is 0.271 e. The number of amides is 1. The summed E-state index contributed by atoms with van der Waals surface area (Å²) >= 11 is 0. The highest BCUT2D eigenvalue weighted by atomic mass is 16.5. The van der Waals surface area contributed by atoms with Gasteiger partial charge in [-0.25, -0.2) is 5.43 Å². The Bertz CT molecular complexity index is 926. The summed E-state index contributed by atoms with van der Waals surface area (Å²) in [6.45, 7) is 0. The topological polar surface area (TPSA) is 58.9 Å². The maximum atomic E-state index is 12.2. The van der Waals surface area contributed by atoms with E-state index in [1.54, 1.807) is 37.6 Å². The Morgan fingerprint density at radius 2 is 1.78 bits per heavy atom. The zero-order chi connectivity index (χ0) is 19.2. The molecule has 0 spiro atoms. The summed E-state index contributed by atoms with van der Waals surface area (Å²) in [4.78, 5) is 14.2. The van der Waals surface area contributed by atoms with E-state index < -0.39 is 0 Å². The minimum Gasteiger partial charge on any atom is -0.497 e. The van der Waals surface area contributed by atoms with E-state index in [-0.39, 0.29) is 5.91 Å². The number of hydrazone groups is 1. The molecule has 27 heavy (non-hydrogen) atoms. The molecule has 0 radical (unpaired) electrons. The SMILES string of the molecule is COc1ccc(C(=O)N/N=C\c2cccn2-c2ccc(N(C)C)cc2)cc1. The first-order valence-electron chi connectivity index (χ1n) is 8.51. The molecule has 0 bridgehead atoms. The molecule has 0 fully saturated rings. The third-order valence-corrected chi connectivity index (χ3v) is 4.14. The number of benzene rings is 2. The molecule has 0 saturated heterocycles. The largest absolute Gasteiger partial charge is 0.497 e. The van der Waals surface area contributed by atoms with Gasteiger partial charge in [-0.05, 0) is 60.7 Å². The second-order valence-electron chi connectivity index (χ2n) is 6.14. The molecule has 3 rings (SSSR count). The van der Waals surface area contributed by atoms with Crippen LogP contribution in [0.2, 0.25) is 0 Å². The first kappa shape index (κ1) is 18.3. The lowest BCUT2D eigenvalue weighted by Gasteiger charge is -2.13. The Hall–Kier alpha value is -3.54. The molecule has 0 aliphatic rings. The van der Waals surface area contributed by atoms with Crippen molar-refractivity contribution in [1.82, 2.24) is 9.99 Å². The number of methoxy groups -OCH3 is 1.